The van der Waals surface area contributed by atoms with Gasteiger partial charge in [-0.3, -0.25) is 5.10 Å². The number of fused-ring (bicyclic) bond motifs is 1. The molecule has 1 radical (unpaired) electrons. The fourth-order valence-electron chi connectivity index (χ4n) is 1.68. The lowest BCUT2D eigenvalue weighted by molar-refractivity contribution is 0.626. The van der Waals surface area contributed by atoms with Crippen LogP contribution in [-0.2, 0) is 0 Å². The van der Waals surface area contributed by atoms with Crippen molar-refractivity contribution in [3.63, 3.8) is 0 Å². The van der Waals surface area contributed by atoms with Crippen molar-refractivity contribution in [1.29, 1.82) is 0 Å². The van der Waals surface area contributed by atoms with E-state index < -0.39 is 5.82 Å². The van der Waals surface area contributed by atoms with E-state index >= 15 is 0 Å². The van der Waals surface area contributed by atoms with Gasteiger partial charge in [-0.05, 0) is 6.07 Å². The Morgan fingerprint density at radius 2 is 2.24 bits per heavy atom. The van der Waals surface area contributed by atoms with Gasteiger partial charge in [0.1, 0.15) is 23.7 Å². The van der Waals surface area contributed by atoms with Gasteiger partial charge in [0.25, 0.3) is 0 Å². The smallest absolute Gasteiger partial charge is 0.161 e. The summed E-state index contributed by atoms with van der Waals surface area (Å²) in [5, 5.41) is 7.41. The summed E-state index contributed by atoms with van der Waals surface area (Å²) in [6.07, 6.45) is 1.35. The zero-order chi connectivity index (χ0) is 11.8. The van der Waals surface area contributed by atoms with E-state index in [1.807, 2.05) is 0 Å². The van der Waals surface area contributed by atoms with Crippen molar-refractivity contribution >= 4 is 16.9 Å². The summed E-state index contributed by atoms with van der Waals surface area (Å²) >= 11 is 0. The molecule has 3 rings (SSSR count). The molecule has 3 N–H and O–H groups in total. The largest absolute Gasteiger partial charge is 0.383 e. The average Bonchev–Trinajstić information content (AvgIpc) is 2.74. The summed E-state index contributed by atoms with van der Waals surface area (Å²) < 4.78 is 13.1. The summed E-state index contributed by atoms with van der Waals surface area (Å²) in [6, 6.07) is 6.96. The number of nitrogen functional groups attached to an aromatic ring is 1. The molecule has 5 nitrogen and oxygen atoms in total. The highest BCUT2D eigenvalue weighted by molar-refractivity contribution is 5.97. The van der Waals surface area contributed by atoms with Crippen LogP contribution in [0.5, 0.6) is 0 Å². The Kier molecular flexibility index (Phi) is 2.01. The number of benzene rings is 1. The van der Waals surface area contributed by atoms with Crippen molar-refractivity contribution in [1.82, 2.24) is 20.2 Å². The minimum absolute atomic E-state index is 0.312. The van der Waals surface area contributed by atoms with Crippen LogP contribution in [0.4, 0.5) is 10.2 Å². The van der Waals surface area contributed by atoms with Gasteiger partial charge in [0.15, 0.2) is 5.65 Å². The molecule has 6 heteroatoms. The summed E-state index contributed by atoms with van der Waals surface area (Å²) in [7, 11) is 0. The number of aromatic amines is 1. The van der Waals surface area contributed by atoms with Gasteiger partial charge in [-0.25, -0.2) is 14.4 Å². The van der Waals surface area contributed by atoms with E-state index in [-0.39, 0.29) is 0 Å². The summed E-state index contributed by atoms with van der Waals surface area (Å²) in [5.41, 5.74) is 7.43. The van der Waals surface area contributed by atoms with E-state index in [2.05, 4.69) is 26.2 Å². The fraction of sp³-hybridized carbons (Fsp3) is 0. The van der Waals surface area contributed by atoms with E-state index in [1.54, 1.807) is 6.07 Å². The van der Waals surface area contributed by atoms with E-state index in [4.69, 9.17) is 5.73 Å². The summed E-state index contributed by atoms with van der Waals surface area (Å²) in [5.74, 6) is -0.138. The van der Waals surface area contributed by atoms with Crippen molar-refractivity contribution in [2.45, 2.75) is 0 Å². The quantitative estimate of drug-likeness (QED) is 0.662. The lowest BCUT2D eigenvalue weighted by Crippen LogP contribution is -1.92. The van der Waals surface area contributed by atoms with Gasteiger partial charge in [0, 0.05) is 11.6 Å². The van der Waals surface area contributed by atoms with Gasteiger partial charge >= 0.3 is 0 Å². The van der Waals surface area contributed by atoms with Crippen LogP contribution in [0, 0.1) is 11.9 Å². The molecule has 3 aromatic rings. The average molecular weight is 228 g/mol. The number of nitrogens with one attached hydrogen (secondary N) is 1. The monoisotopic (exact) mass is 228 g/mol. The summed E-state index contributed by atoms with van der Waals surface area (Å²) in [6.45, 7) is 0. The number of H-pyrrole nitrogens is 1. The van der Waals surface area contributed by atoms with Crippen LogP contribution >= 0.6 is 0 Å². The van der Waals surface area contributed by atoms with E-state index in [1.165, 1.54) is 18.5 Å². The third-order valence-corrected chi connectivity index (χ3v) is 2.43. The number of halogens is 1. The number of hydrogen-bond donors (Lipinski definition) is 2. The number of rotatable bonds is 1. The van der Waals surface area contributed by atoms with Crippen LogP contribution in [0.1, 0.15) is 0 Å². The Bertz CT molecular complexity index is 691. The molecule has 0 saturated heterocycles. The molecule has 0 aliphatic heterocycles. The molecular weight excluding hydrogens is 221 g/mol. The fourth-order valence-corrected chi connectivity index (χ4v) is 1.68. The molecule has 0 bridgehead atoms. The second-order valence-corrected chi connectivity index (χ2v) is 3.48. The Morgan fingerprint density at radius 3 is 3.06 bits per heavy atom. The zero-order valence-electron chi connectivity index (χ0n) is 8.61. The molecule has 1 aromatic carbocycles. The molecule has 0 spiro atoms. The van der Waals surface area contributed by atoms with Gasteiger partial charge in [-0.2, -0.15) is 5.10 Å². The Morgan fingerprint density at radius 1 is 1.35 bits per heavy atom. The van der Waals surface area contributed by atoms with Crippen molar-refractivity contribution in [2.75, 3.05) is 5.73 Å². The molecular formula is C11H7FN5. The second-order valence-electron chi connectivity index (χ2n) is 3.48. The summed E-state index contributed by atoms with van der Waals surface area (Å²) in [4.78, 5) is 7.89. The number of nitrogens with two attached hydrogens (primary N) is 1. The molecule has 0 aliphatic carbocycles. The maximum absolute atomic E-state index is 13.1. The first-order valence-corrected chi connectivity index (χ1v) is 4.88. The van der Waals surface area contributed by atoms with Crippen LogP contribution in [-0.4, -0.2) is 20.2 Å². The SMILES string of the molecule is Nc1ncnc2[nH]nc(-c3cc[c]c(F)c3)c12. The normalized spacial score (nSPS) is 10.9. The highest BCUT2D eigenvalue weighted by Gasteiger charge is 2.12. The molecule has 2 heterocycles. The van der Waals surface area contributed by atoms with Gasteiger partial charge in [-0.1, -0.05) is 12.1 Å². The molecule has 2 aromatic heterocycles. The first-order valence-electron chi connectivity index (χ1n) is 4.88. The molecule has 0 fully saturated rings. The highest BCUT2D eigenvalue weighted by Crippen LogP contribution is 2.28. The van der Waals surface area contributed by atoms with E-state index in [9.17, 15) is 4.39 Å². The predicted octanol–water partition coefficient (Wildman–Crippen LogP) is 1.54. The number of aromatic nitrogens is 4. The van der Waals surface area contributed by atoms with Crippen molar-refractivity contribution in [3.8, 4) is 11.3 Å². The lowest BCUT2D eigenvalue weighted by atomic mass is 10.1. The molecule has 0 atom stereocenters. The van der Waals surface area contributed by atoms with Crippen molar-refractivity contribution < 1.29 is 4.39 Å². The minimum Gasteiger partial charge on any atom is -0.383 e. The number of anilines is 1. The van der Waals surface area contributed by atoms with Gasteiger partial charge in [0.05, 0.1) is 5.39 Å². The van der Waals surface area contributed by atoms with Gasteiger partial charge in [-0.15, -0.1) is 0 Å². The molecule has 0 saturated carbocycles. The maximum atomic E-state index is 13.1. The number of hydrogen-bond acceptors (Lipinski definition) is 4. The van der Waals surface area contributed by atoms with Crippen LogP contribution < -0.4 is 5.73 Å². The topological polar surface area (TPSA) is 80.5 Å². The number of nitrogens with zero attached hydrogens (tertiary/aromatic N) is 3. The second kappa shape index (κ2) is 3.51. The Labute approximate surface area is 95.5 Å². The van der Waals surface area contributed by atoms with Crippen LogP contribution in [0.15, 0.2) is 24.5 Å². The molecule has 0 aliphatic rings. The van der Waals surface area contributed by atoms with Crippen molar-refractivity contribution in [2.24, 2.45) is 0 Å². The van der Waals surface area contributed by atoms with Crippen molar-refractivity contribution in [3.05, 3.63) is 36.4 Å². The zero-order valence-corrected chi connectivity index (χ0v) is 8.61. The van der Waals surface area contributed by atoms with E-state index in [0.717, 1.165) is 0 Å². The Balaban J connectivity index is 2.31. The molecule has 17 heavy (non-hydrogen) atoms. The third-order valence-electron chi connectivity index (χ3n) is 2.43. The van der Waals surface area contributed by atoms with Gasteiger partial charge < -0.3 is 5.73 Å². The van der Waals surface area contributed by atoms with E-state index in [0.29, 0.717) is 28.1 Å². The lowest BCUT2D eigenvalue weighted by Gasteiger charge is -1.99. The standard InChI is InChI=1S/C11H7FN5/c12-7-3-1-2-6(4-7)9-8-10(13)14-5-15-11(8)17-16-9/h1-2,4-5H,(H3,13,14,15,16,17). The molecule has 0 amide bonds. The molecule has 83 valence electrons. The maximum Gasteiger partial charge on any atom is 0.161 e. The first kappa shape index (κ1) is 9.71. The first-order chi connectivity index (χ1) is 8.25. The third kappa shape index (κ3) is 1.50. The molecule has 0 unspecified atom stereocenters. The Hall–Kier alpha value is -2.50. The van der Waals surface area contributed by atoms with Crippen LogP contribution in [0.3, 0.4) is 0 Å². The highest BCUT2D eigenvalue weighted by atomic mass is 19.1. The van der Waals surface area contributed by atoms with Crippen LogP contribution in [0.2, 0.25) is 0 Å². The predicted molar refractivity (Wildman–Crippen MR) is 60.3 cm³/mol. The van der Waals surface area contributed by atoms with Gasteiger partial charge in [0.2, 0.25) is 0 Å². The minimum atomic E-state index is -0.450. The van der Waals surface area contributed by atoms with Crippen LogP contribution in [0.25, 0.3) is 22.3 Å².